The summed E-state index contributed by atoms with van der Waals surface area (Å²) in [5, 5.41) is 10.1. The van der Waals surface area contributed by atoms with Crippen LogP contribution in [0.15, 0.2) is 27.9 Å². The van der Waals surface area contributed by atoms with E-state index in [-0.39, 0.29) is 11.3 Å². The van der Waals surface area contributed by atoms with Gasteiger partial charge in [-0.1, -0.05) is 37.2 Å². The molecule has 1 saturated carbocycles. The lowest BCUT2D eigenvalue weighted by Crippen LogP contribution is -2.14. The van der Waals surface area contributed by atoms with E-state index in [1.807, 2.05) is 0 Å². The Morgan fingerprint density at radius 3 is 2.86 bits per heavy atom. The van der Waals surface area contributed by atoms with Gasteiger partial charge in [0.15, 0.2) is 10.6 Å². The molecule has 1 aliphatic rings. The van der Waals surface area contributed by atoms with E-state index in [2.05, 4.69) is 6.58 Å². The number of ether oxygens (including phenoxy) is 1. The standard InChI is InChI=1S/C16H18O4S/c1-10(17)12-7-14-13(20-16(12)18)8-15(21-14)19-9-11-5-3-2-4-6-11/h7-8,11,17H,1-6,9H2. The van der Waals surface area contributed by atoms with Crippen molar-refractivity contribution in [3.63, 3.8) is 0 Å². The predicted molar refractivity (Wildman–Crippen MR) is 84.1 cm³/mol. The molecule has 0 aliphatic heterocycles. The molecule has 2 aromatic heterocycles. The Balaban J connectivity index is 1.77. The monoisotopic (exact) mass is 306 g/mol. The van der Waals surface area contributed by atoms with Crippen LogP contribution in [0.2, 0.25) is 0 Å². The van der Waals surface area contributed by atoms with Gasteiger partial charge < -0.3 is 14.3 Å². The molecule has 1 aliphatic carbocycles. The van der Waals surface area contributed by atoms with Crippen molar-refractivity contribution in [1.29, 1.82) is 0 Å². The first-order chi connectivity index (χ1) is 10.1. The fraction of sp³-hybridized carbons (Fsp3) is 0.438. The van der Waals surface area contributed by atoms with Crippen LogP contribution in [0.1, 0.15) is 37.7 Å². The van der Waals surface area contributed by atoms with Crippen LogP contribution in [0.25, 0.3) is 16.0 Å². The molecule has 0 radical (unpaired) electrons. The zero-order chi connectivity index (χ0) is 14.8. The molecule has 0 aromatic carbocycles. The molecule has 112 valence electrons. The minimum Gasteiger partial charge on any atom is -0.508 e. The number of fused-ring (bicyclic) bond motifs is 1. The second kappa shape index (κ2) is 5.93. The number of rotatable bonds is 4. The number of hydrogen-bond donors (Lipinski definition) is 1. The highest BCUT2D eigenvalue weighted by Gasteiger charge is 2.16. The molecule has 0 amide bonds. The van der Waals surface area contributed by atoms with Crippen molar-refractivity contribution in [1.82, 2.24) is 0 Å². The van der Waals surface area contributed by atoms with Gasteiger partial charge in [0.1, 0.15) is 11.3 Å². The molecule has 0 saturated heterocycles. The maximum Gasteiger partial charge on any atom is 0.347 e. The summed E-state index contributed by atoms with van der Waals surface area (Å²) in [4.78, 5) is 11.7. The third kappa shape index (κ3) is 3.13. The van der Waals surface area contributed by atoms with E-state index < -0.39 is 5.63 Å². The van der Waals surface area contributed by atoms with Crippen LogP contribution in [-0.2, 0) is 0 Å². The Labute approximate surface area is 126 Å². The molecule has 5 heteroatoms. The van der Waals surface area contributed by atoms with E-state index in [4.69, 9.17) is 9.15 Å². The van der Waals surface area contributed by atoms with Gasteiger partial charge in [0.05, 0.1) is 11.3 Å². The Hall–Kier alpha value is -1.75. The summed E-state index contributed by atoms with van der Waals surface area (Å²) >= 11 is 1.42. The Kier molecular flexibility index (Phi) is 4.01. The molecule has 4 nitrogen and oxygen atoms in total. The molecule has 1 N–H and O–H groups in total. The average Bonchev–Trinajstić information content (AvgIpc) is 2.87. The SMILES string of the molecule is C=C(O)c1cc2sc(OCC3CCCCC3)cc2oc1=O. The topological polar surface area (TPSA) is 59.7 Å². The first-order valence-electron chi connectivity index (χ1n) is 7.22. The predicted octanol–water partition coefficient (Wildman–Crippen LogP) is 4.34. The molecule has 0 unspecified atom stereocenters. The van der Waals surface area contributed by atoms with E-state index in [0.29, 0.717) is 11.5 Å². The molecular formula is C16H18O4S. The van der Waals surface area contributed by atoms with E-state index in [1.54, 1.807) is 12.1 Å². The Morgan fingerprint density at radius 2 is 2.14 bits per heavy atom. The maximum absolute atomic E-state index is 11.7. The summed E-state index contributed by atoms with van der Waals surface area (Å²) in [6.07, 6.45) is 6.37. The van der Waals surface area contributed by atoms with Gasteiger partial charge in [-0.25, -0.2) is 4.79 Å². The highest BCUT2D eigenvalue weighted by molar-refractivity contribution is 7.20. The fourth-order valence-electron chi connectivity index (χ4n) is 2.72. The van der Waals surface area contributed by atoms with Crippen molar-refractivity contribution in [3.05, 3.63) is 34.7 Å². The van der Waals surface area contributed by atoms with E-state index in [9.17, 15) is 9.90 Å². The van der Waals surface area contributed by atoms with Crippen molar-refractivity contribution in [2.24, 2.45) is 5.92 Å². The van der Waals surface area contributed by atoms with Gasteiger partial charge in [0.2, 0.25) is 0 Å². The van der Waals surface area contributed by atoms with Crippen molar-refractivity contribution < 1.29 is 14.3 Å². The van der Waals surface area contributed by atoms with Crippen molar-refractivity contribution in [3.8, 4) is 5.06 Å². The average molecular weight is 306 g/mol. The zero-order valence-electron chi connectivity index (χ0n) is 11.8. The van der Waals surface area contributed by atoms with Crippen molar-refractivity contribution >= 4 is 27.4 Å². The van der Waals surface area contributed by atoms with Crippen LogP contribution in [0.5, 0.6) is 5.06 Å². The maximum atomic E-state index is 11.7. The first-order valence-corrected chi connectivity index (χ1v) is 8.04. The molecule has 0 spiro atoms. The highest BCUT2D eigenvalue weighted by Crippen LogP contribution is 2.33. The van der Waals surface area contributed by atoms with Gasteiger partial charge >= 0.3 is 5.63 Å². The van der Waals surface area contributed by atoms with Gasteiger partial charge in [0.25, 0.3) is 0 Å². The summed E-state index contributed by atoms with van der Waals surface area (Å²) in [7, 11) is 0. The summed E-state index contributed by atoms with van der Waals surface area (Å²) in [5.74, 6) is 0.354. The third-order valence-corrected chi connectivity index (χ3v) is 4.87. The van der Waals surface area contributed by atoms with Crippen molar-refractivity contribution in [2.45, 2.75) is 32.1 Å². The molecule has 3 rings (SSSR count). The largest absolute Gasteiger partial charge is 0.508 e. The van der Waals surface area contributed by atoms with Crippen LogP contribution in [-0.4, -0.2) is 11.7 Å². The molecule has 0 bridgehead atoms. The quantitative estimate of drug-likeness (QED) is 0.853. The summed E-state index contributed by atoms with van der Waals surface area (Å²) in [6, 6.07) is 3.34. The molecule has 1 fully saturated rings. The minimum absolute atomic E-state index is 0.100. The number of aliphatic hydroxyl groups excluding tert-OH is 1. The van der Waals surface area contributed by atoms with Gasteiger partial charge in [-0.05, 0) is 24.8 Å². The number of hydrogen-bond acceptors (Lipinski definition) is 5. The normalized spacial score (nSPS) is 16.2. The highest BCUT2D eigenvalue weighted by atomic mass is 32.1. The molecule has 21 heavy (non-hydrogen) atoms. The molecule has 2 aromatic rings. The zero-order valence-corrected chi connectivity index (χ0v) is 12.6. The van der Waals surface area contributed by atoms with Crippen LogP contribution in [0, 0.1) is 5.92 Å². The lowest BCUT2D eigenvalue weighted by Gasteiger charge is -2.20. The molecule has 2 heterocycles. The van der Waals surface area contributed by atoms with Crippen LogP contribution in [0.3, 0.4) is 0 Å². The summed E-state index contributed by atoms with van der Waals surface area (Å²) in [5.41, 5.74) is 0.0171. The second-order valence-electron chi connectivity index (χ2n) is 5.50. The Morgan fingerprint density at radius 1 is 1.38 bits per heavy atom. The summed E-state index contributed by atoms with van der Waals surface area (Å²) in [6.45, 7) is 4.09. The molecule has 0 atom stereocenters. The number of thiophene rings is 1. The number of aliphatic hydroxyl groups is 1. The van der Waals surface area contributed by atoms with Crippen LogP contribution in [0.4, 0.5) is 0 Å². The van der Waals surface area contributed by atoms with Crippen molar-refractivity contribution in [2.75, 3.05) is 6.61 Å². The van der Waals surface area contributed by atoms with E-state index >= 15 is 0 Å². The van der Waals surface area contributed by atoms with Crippen LogP contribution >= 0.6 is 11.3 Å². The van der Waals surface area contributed by atoms with Crippen LogP contribution < -0.4 is 10.4 Å². The first kappa shape index (κ1) is 14.2. The summed E-state index contributed by atoms with van der Waals surface area (Å²) < 4.78 is 11.8. The minimum atomic E-state index is -0.577. The van der Waals surface area contributed by atoms with E-state index in [0.717, 1.165) is 16.4 Å². The second-order valence-corrected chi connectivity index (χ2v) is 6.55. The lowest BCUT2D eigenvalue weighted by molar-refractivity contribution is 0.213. The third-order valence-electron chi connectivity index (χ3n) is 3.90. The van der Waals surface area contributed by atoms with Gasteiger partial charge in [-0.3, -0.25) is 0 Å². The van der Waals surface area contributed by atoms with Gasteiger partial charge in [-0.2, -0.15) is 0 Å². The van der Waals surface area contributed by atoms with Gasteiger partial charge in [0, 0.05) is 6.07 Å². The lowest BCUT2D eigenvalue weighted by atomic mass is 9.90. The fourth-order valence-corrected chi connectivity index (χ4v) is 3.61. The Bertz CT molecular complexity index is 707. The van der Waals surface area contributed by atoms with Gasteiger partial charge in [-0.15, -0.1) is 0 Å². The van der Waals surface area contributed by atoms with E-state index in [1.165, 1.54) is 43.4 Å². The molecular weight excluding hydrogens is 288 g/mol. The smallest absolute Gasteiger partial charge is 0.347 e.